The number of rotatable bonds is 5. The number of ether oxygens (including phenoxy) is 1. The molecule has 1 aliphatic heterocycles. The molecule has 1 aromatic carbocycles. The van der Waals surface area contributed by atoms with Gasteiger partial charge in [0.2, 0.25) is 0 Å². The first-order valence-electron chi connectivity index (χ1n) is 7.34. The zero-order chi connectivity index (χ0) is 13.6. The highest BCUT2D eigenvalue weighted by Gasteiger charge is 2.13. The van der Waals surface area contributed by atoms with Crippen molar-refractivity contribution in [1.29, 1.82) is 0 Å². The summed E-state index contributed by atoms with van der Waals surface area (Å²) in [6, 6.07) is 10.3. The molecule has 0 bridgehead atoms. The van der Waals surface area contributed by atoms with Crippen LogP contribution in [0.4, 0.5) is 0 Å². The van der Waals surface area contributed by atoms with E-state index in [0.29, 0.717) is 6.10 Å². The zero-order valence-corrected chi connectivity index (χ0v) is 11.7. The third-order valence-electron chi connectivity index (χ3n) is 3.70. The molecule has 1 aromatic heterocycles. The van der Waals surface area contributed by atoms with Crippen molar-refractivity contribution in [1.82, 2.24) is 15.1 Å². The fraction of sp³-hybridized carbons (Fsp3) is 0.438. The summed E-state index contributed by atoms with van der Waals surface area (Å²) in [5.74, 6) is 0. The Morgan fingerprint density at radius 1 is 1.25 bits per heavy atom. The second kappa shape index (κ2) is 6.68. The fourth-order valence-electron chi connectivity index (χ4n) is 2.63. The van der Waals surface area contributed by atoms with E-state index >= 15 is 0 Å². The Morgan fingerprint density at radius 2 is 2.20 bits per heavy atom. The first-order chi connectivity index (χ1) is 9.93. The lowest BCUT2D eigenvalue weighted by molar-refractivity contribution is 0.0168. The van der Waals surface area contributed by atoms with Gasteiger partial charge in [-0.25, -0.2) is 4.68 Å². The van der Waals surface area contributed by atoms with Crippen molar-refractivity contribution in [3.05, 3.63) is 48.3 Å². The van der Waals surface area contributed by atoms with Gasteiger partial charge in [-0.05, 0) is 37.0 Å². The Balaban J connectivity index is 1.60. The number of nitrogens with zero attached hydrogens (tertiary/aromatic N) is 2. The Morgan fingerprint density at radius 3 is 3.00 bits per heavy atom. The standard InChI is InChI=1S/C16H21N3O/c1-2-8-16(19-10-5-9-18-19)14(6-1)12-17-13-15-7-3-4-11-20-15/h1-2,5-6,8-10,15,17H,3-4,7,11-13H2. The number of benzene rings is 1. The molecule has 1 fully saturated rings. The van der Waals surface area contributed by atoms with Crippen LogP contribution in [0.15, 0.2) is 42.7 Å². The Kier molecular flexibility index (Phi) is 4.46. The van der Waals surface area contributed by atoms with Crippen molar-refractivity contribution in [2.24, 2.45) is 0 Å². The molecule has 3 rings (SSSR count). The maximum atomic E-state index is 5.74. The van der Waals surface area contributed by atoms with Crippen molar-refractivity contribution in [2.45, 2.75) is 31.9 Å². The predicted octanol–water partition coefficient (Wildman–Crippen LogP) is 2.53. The molecule has 20 heavy (non-hydrogen) atoms. The van der Waals surface area contributed by atoms with E-state index in [2.05, 4.69) is 28.6 Å². The first-order valence-corrected chi connectivity index (χ1v) is 7.34. The van der Waals surface area contributed by atoms with Crippen molar-refractivity contribution in [2.75, 3.05) is 13.2 Å². The molecule has 0 saturated carbocycles. The Hall–Kier alpha value is -1.65. The lowest BCUT2D eigenvalue weighted by Gasteiger charge is -2.23. The van der Waals surface area contributed by atoms with Gasteiger partial charge in [0, 0.05) is 32.1 Å². The second-order valence-corrected chi connectivity index (χ2v) is 5.20. The molecule has 106 valence electrons. The topological polar surface area (TPSA) is 39.1 Å². The van der Waals surface area contributed by atoms with Gasteiger partial charge < -0.3 is 10.1 Å². The summed E-state index contributed by atoms with van der Waals surface area (Å²) in [7, 11) is 0. The van der Waals surface area contributed by atoms with E-state index in [9.17, 15) is 0 Å². The van der Waals surface area contributed by atoms with E-state index in [1.54, 1.807) is 6.20 Å². The SMILES string of the molecule is c1ccc(-n2cccn2)c(CNCC2CCCCO2)c1. The van der Waals surface area contributed by atoms with Gasteiger partial charge in [-0.2, -0.15) is 5.10 Å². The van der Waals surface area contributed by atoms with Gasteiger partial charge >= 0.3 is 0 Å². The molecule has 1 aliphatic rings. The van der Waals surface area contributed by atoms with Gasteiger partial charge in [-0.3, -0.25) is 0 Å². The molecule has 4 nitrogen and oxygen atoms in total. The van der Waals surface area contributed by atoms with Gasteiger partial charge in [0.1, 0.15) is 0 Å². The molecular weight excluding hydrogens is 250 g/mol. The molecule has 4 heteroatoms. The molecule has 0 spiro atoms. The zero-order valence-electron chi connectivity index (χ0n) is 11.7. The van der Waals surface area contributed by atoms with Crippen LogP contribution in [0.1, 0.15) is 24.8 Å². The molecule has 0 aliphatic carbocycles. The molecular formula is C16H21N3O. The summed E-state index contributed by atoms with van der Waals surface area (Å²) in [5, 5.41) is 7.82. The first kappa shape index (κ1) is 13.3. The van der Waals surface area contributed by atoms with Crippen LogP contribution in [-0.4, -0.2) is 29.0 Å². The van der Waals surface area contributed by atoms with E-state index in [-0.39, 0.29) is 0 Å². The lowest BCUT2D eigenvalue weighted by atomic mass is 10.1. The lowest BCUT2D eigenvalue weighted by Crippen LogP contribution is -2.31. The summed E-state index contributed by atoms with van der Waals surface area (Å²) >= 11 is 0. The number of hydrogen-bond acceptors (Lipinski definition) is 3. The minimum atomic E-state index is 0.376. The van der Waals surface area contributed by atoms with E-state index in [0.717, 1.165) is 25.4 Å². The average Bonchev–Trinajstić information content (AvgIpc) is 3.03. The number of aromatic nitrogens is 2. The van der Waals surface area contributed by atoms with Crippen molar-refractivity contribution in [3.63, 3.8) is 0 Å². The van der Waals surface area contributed by atoms with Crippen LogP contribution in [0, 0.1) is 0 Å². The largest absolute Gasteiger partial charge is 0.377 e. The normalized spacial score (nSPS) is 19.1. The highest BCUT2D eigenvalue weighted by molar-refractivity contribution is 5.40. The smallest absolute Gasteiger partial charge is 0.0699 e. The third-order valence-corrected chi connectivity index (χ3v) is 3.70. The molecule has 1 unspecified atom stereocenters. The Labute approximate surface area is 119 Å². The van der Waals surface area contributed by atoms with Crippen LogP contribution in [0.25, 0.3) is 5.69 Å². The van der Waals surface area contributed by atoms with E-state index < -0.39 is 0 Å². The van der Waals surface area contributed by atoms with Gasteiger partial charge in [0.15, 0.2) is 0 Å². The summed E-state index contributed by atoms with van der Waals surface area (Å²) in [6.45, 7) is 2.68. The molecule has 2 aromatic rings. The number of nitrogens with one attached hydrogen (secondary N) is 1. The second-order valence-electron chi connectivity index (χ2n) is 5.20. The van der Waals surface area contributed by atoms with Crippen molar-refractivity contribution < 1.29 is 4.74 Å². The summed E-state index contributed by atoms with van der Waals surface area (Å²) < 4.78 is 7.65. The van der Waals surface area contributed by atoms with Gasteiger partial charge in [0.25, 0.3) is 0 Å². The van der Waals surface area contributed by atoms with Gasteiger partial charge in [0.05, 0.1) is 11.8 Å². The van der Waals surface area contributed by atoms with Crippen LogP contribution in [0.5, 0.6) is 0 Å². The fourth-order valence-corrected chi connectivity index (χ4v) is 2.63. The molecule has 1 atom stereocenters. The molecule has 0 amide bonds. The highest BCUT2D eigenvalue weighted by Crippen LogP contribution is 2.14. The minimum absolute atomic E-state index is 0.376. The summed E-state index contributed by atoms with van der Waals surface area (Å²) in [4.78, 5) is 0. The van der Waals surface area contributed by atoms with E-state index in [1.165, 1.54) is 24.8 Å². The van der Waals surface area contributed by atoms with Gasteiger partial charge in [-0.1, -0.05) is 18.2 Å². The van der Waals surface area contributed by atoms with Crippen LogP contribution in [-0.2, 0) is 11.3 Å². The summed E-state index contributed by atoms with van der Waals surface area (Å²) in [6.07, 6.45) is 7.83. The maximum absolute atomic E-state index is 5.74. The Bertz CT molecular complexity index is 518. The maximum Gasteiger partial charge on any atom is 0.0699 e. The van der Waals surface area contributed by atoms with Crippen LogP contribution >= 0.6 is 0 Å². The van der Waals surface area contributed by atoms with E-state index in [4.69, 9.17) is 4.74 Å². The summed E-state index contributed by atoms with van der Waals surface area (Å²) in [5.41, 5.74) is 2.39. The minimum Gasteiger partial charge on any atom is -0.377 e. The highest BCUT2D eigenvalue weighted by atomic mass is 16.5. The van der Waals surface area contributed by atoms with Crippen LogP contribution in [0.2, 0.25) is 0 Å². The average molecular weight is 271 g/mol. The predicted molar refractivity (Wildman–Crippen MR) is 78.9 cm³/mol. The van der Waals surface area contributed by atoms with Crippen molar-refractivity contribution in [3.8, 4) is 5.69 Å². The molecule has 0 radical (unpaired) electrons. The molecule has 1 saturated heterocycles. The van der Waals surface area contributed by atoms with Gasteiger partial charge in [-0.15, -0.1) is 0 Å². The third kappa shape index (κ3) is 3.26. The number of hydrogen-bond donors (Lipinski definition) is 1. The monoisotopic (exact) mass is 271 g/mol. The van der Waals surface area contributed by atoms with Crippen LogP contribution < -0.4 is 5.32 Å². The molecule has 2 heterocycles. The quantitative estimate of drug-likeness (QED) is 0.908. The number of para-hydroxylation sites is 1. The van der Waals surface area contributed by atoms with Crippen LogP contribution in [0.3, 0.4) is 0 Å². The van der Waals surface area contributed by atoms with Crippen molar-refractivity contribution >= 4 is 0 Å². The molecule has 1 N–H and O–H groups in total. The van der Waals surface area contributed by atoms with E-state index in [1.807, 2.05) is 23.0 Å².